The lowest BCUT2D eigenvalue weighted by Gasteiger charge is -2.17. The fourth-order valence-corrected chi connectivity index (χ4v) is 1.59. The summed E-state index contributed by atoms with van der Waals surface area (Å²) in [5.41, 5.74) is 1.16. The van der Waals surface area contributed by atoms with Gasteiger partial charge in [0.25, 0.3) is 0 Å². The minimum absolute atomic E-state index is 0.886. The van der Waals surface area contributed by atoms with Gasteiger partial charge in [0.05, 0.1) is 0 Å². The van der Waals surface area contributed by atoms with E-state index >= 15 is 0 Å². The van der Waals surface area contributed by atoms with E-state index in [0.717, 1.165) is 21.7 Å². The Morgan fingerprint density at radius 3 is 2.62 bits per heavy atom. The Bertz CT molecular complexity index is 485. The van der Waals surface area contributed by atoms with Crippen molar-refractivity contribution >= 4 is 27.6 Å². The van der Waals surface area contributed by atoms with Crippen LogP contribution >= 0.6 is 15.9 Å². The third-order valence-electron chi connectivity index (χ3n) is 2.37. The van der Waals surface area contributed by atoms with Crippen LogP contribution in [0.5, 0.6) is 0 Å². The molecule has 2 rings (SSSR count). The Balaban J connectivity index is 2.34. The molecular formula is C12H12BrN3. The van der Waals surface area contributed by atoms with Crippen LogP contribution in [0.15, 0.2) is 41.1 Å². The third-order valence-corrected chi connectivity index (χ3v) is 3.20. The van der Waals surface area contributed by atoms with E-state index in [1.807, 2.05) is 49.3 Å². The Hall–Kier alpha value is -1.42. The van der Waals surface area contributed by atoms with Gasteiger partial charge in [0.2, 0.25) is 0 Å². The lowest BCUT2D eigenvalue weighted by Crippen LogP contribution is -2.12. The van der Waals surface area contributed by atoms with Crippen molar-refractivity contribution < 1.29 is 0 Å². The zero-order chi connectivity index (χ0) is 11.5. The van der Waals surface area contributed by atoms with Crippen molar-refractivity contribution in [1.82, 2.24) is 9.97 Å². The summed E-state index contributed by atoms with van der Waals surface area (Å²) >= 11 is 3.44. The van der Waals surface area contributed by atoms with Gasteiger partial charge in [-0.2, -0.15) is 0 Å². The maximum atomic E-state index is 4.35. The Morgan fingerprint density at radius 2 is 2.00 bits per heavy atom. The summed E-state index contributed by atoms with van der Waals surface area (Å²) in [5.74, 6) is 1.77. The highest BCUT2D eigenvalue weighted by atomic mass is 79.9. The molecule has 0 saturated heterocycles. The minimum Gasteiger partial charge on any atom is -0.314 e. The van der Waals surface area contributed by atoms with Gasteiger partial charge < -0.3 is 4.90 Å². The molecule has 0 aliphatic heterocycles. The van der Waals surface area contributed by atoms with Crippen molar-refractivity contribution in [2.24, 2.45) is 0 Å². The van der Waals surface area contributed by atoms with E-state index < -0.39 is 0 Å². The van der Waals surface area contributed by atoms with Crippen LogP contribution in [0.4, 0.5) is 11.6 Å². The molecule has 0 spiro atoms. The van der Waals surface area contributed by atoms with E-state index in [4.69, 9.17) is 0 Å². The fraction of sp³-hybridized carbons (Fsp3) is 0.167. The van der Waals surface area contributed by atoms with Crippen molar-refractivity contribution in [2.75, 3.05) is 11.9 Å². The average Bonchev–Trinajstić information content (AvgIpc) is 2.33. The van der Waals surface area contributed by atoms with Crippen LogP contribution in [-0.2, 0) is 0 Å². The molecule has 0 aromatic carbocycles. The molecule has 16 heavy (non-hydrogen) atoms. The van der Waals surface area contributed by atoms with Gasteiger partial charge >= 0.3 is 0 Å². The molecule has 0 aliphatic carbocycles. The maximum absolute atomic E-state index is 4.35. The number of aryl methyl sites for hydroxylation is 1. The van der Waals surface area contributed by atoms with Crippen LogP contribution in [0.1, 0.15) is 5.56 Å². The van der Waals surface area contributed by atoms with Crippen LogP contribution < -0.4 is 4.90 Å². The first-order valence-electron chi connectivity index (χ1n) is 4.95. The molecule has 2 heterocycles. The summed E-state index contributed by atoms with van der Waals surface area (Å²) in [6.07, 6.45) is 3.58. The minimum atomic E-state index is 0.886. The van der Waals surface area contributed by atoms with Gasteiger partial charge in [-0.25, -0.2) is 9.97 Å². The van der Waals surface area contributed by atoms with Gasteiger partial charge in [0, 0.05) is 23.9 Å². The van der Waals surface area contributed by atoms with Gasteiger partial charge in [0.1, 0.15) is 11.6 Å². The van der Waals surface area contributed by atoms with Gasteiger partial charge in [-0.3, -0.25) is 0 Å². The molecule has 4 heteroatoms. The Kier molecular flexibility index (Phi) is 3.19. The molecule has 0 aliphatic rings. The van der Waals surface area contributed by atoms with E-state index in [-0.39, 0.29) is 0 Å². The van der Waals surface area contributed by atoms with Crippen LogP contribution in [-0.4, -0.2) is 17.0 Å². The standard InChI is InChI=1S/C12H12BrN3/c1-9-7-12(15-8-10(9)13)16(2)11-5-3-4-6-14-11/h3-8H,1-2H3. The predicted octanol–water partition coefficient (Wildman–Crippen LogP) is 3.32. The van der Waals surface area contributed by atoms with Gasteiger partial charge in [0.15, 0.2) is 0 Å². The second-order valence-corrected chi connectivity index (χ2v) is 4.39. The number of nitrogens with zero attached hydrogens (tertiary/aromatic N) is 3. The van der Waals surface area contributed by atoms with E-state index in [2.05, 4.69) is 25.9 Å². The van der Waals surface area contributed by atoms with Gasteiger partial charge in [-0.15, -0.1) is 0 Å². The highest BCUT2D eigenvalue weighted by Gasteiger charge is 2.06. The van der Waals surface area contributed by atoms with E-state index in [1.165, 1.54) is 0 Å². The molecule has 0 unspecified atom stereocenters. The van der Waals surface area contributed by atoms with Crippen molar-refractivity contribution in [1.29, 1.82) is 0 Å². The van der Waals surface area contributed by atoms with Gasteiger partial charge in [-0.05, 0) is 46.6 Å². The lowest BCUT2D eigenvalue weighted by molar-refractivity contribution is 1.07. The van der Waals surface area contributed by atoms with Crippen LogP contribution in [0.3, 0.4) is 0 Å². The zero-order valence-electron chi connectivity index (χ0n) is 9.18. The molecule has 0 atom stereocenters. The number of aromatic nitrogens is 2. The second-order valence-electron chi connectivity index (χ2n) is 3.54. The first-order chi connectivity index (χ1) is 7.68. The molecule has 3 nitrogen and oxygen atoms in total. The SMILES string of the molecule is Cc1cc(N(C)c2ccccn2)ncc1Br. The van der Waals surface area contributed by atoms with Crippen molar-refractivity contribution in [3.8, 4) is 0 Å². The summed E-state index contributed by atoms with van der Waals surface area (Å²) in [4.78, 5) is 10.6. The summed E-state index contributed by atoms with van der Waals surface area (Å²) < 4.78 is 1.02. The summed E-state index contributed by atoms with van der Waals surface area (Å²) in [7, 11) is 1.96. The first kappa shape index (κ1) is 11.1. The van der Waals surface area contributed by atoms with Crippen molar-refractivity contribution in [3.63, 3.8) is 0 Å². The van der Waals surface area contributed by atoms with E-state index in [1.54, 1.807) is 6.20 Å². The fourth-order valence-electron chi connectivity index (χ4n) is 1.38. The molecule has 0 radical (unpaired) electrons. The third kappa shape index (κ3) is 2.22. The predicted molar refractivity (Wildman–Crippen MR) is 69.0 cm³/mol. The summed E-state index contributed by atoms with van der Waals surface area (Å²) in [5, 5.41) is 0. The first-order valence-corrected chi connectivity index (χ1v) is 5.74. The molecular weight excluding hydrogens is 266 g/mol. The molecule has 0 amide bonds. The summed E-state index contributed by atoms with van der Waals surface area (Å²) in [6, 6.07) is 7.85. The molecule has 2 aromatic heterocycles. The number of pyridine rings is 2. The Labute approximate surface area is 103 Å². The molecule has 0 bridgehead atoms. The smallest absolute Gasteiger partial charge is 0.134 e. The molecule has 0 saturated carbocycles. The molecule has 2 aromatic rings. The highest BCUT2D eigenvalue weighted by Crippen LogP contribution is 2.23. The molecule has 0 N–H and O–H groups in total. The number of hydrogen-bond acceptors (Lipinski definition) is 3. The van der Waals surface area contributed by atoms with Crippen molar-refractivity contribution in [3.05, 3.63) is 46.7 Å². The van der Waals surface area contributed by atoms with Gasteiger partial charge in [-0.1, -0.05) is 6.07 Å². The van der Waals surface area contributed by atoms with E-state index in [0.29, 0.717) is 0 Å². The Morgan fingerprint density at radius 1 is 1.19 bits per heavy atom. The maximum Gasteiger partial charge on any atom is 0.134 e. The quantitative estimate of drug-likeness (QED) is 0.843. The van der Waals surface area contributed by atoms with Crippen LogP contribution in [0.2, 0.25) is 0 Å². The normalized spacial score (nSPS) is 10.2. The van der Waals surface area contributed by atoms with Crippen molar-refractivity contribution in [2.45, 2.75) is 6.92 Å². The number of rotatable bonds is 2. The monoisotopic (exact) mass is 277 g/mol. The average molecular weight is 278 g/mol. The largest absolute Gasteiger partial charge is 0.314 e. The lowest BCUT2D eigenvalue weighted by atomic mass is 10.3. The second kappa shape index (κ2) is 4.61. The number of halogens is 1. The summed E-state index contributed by atoms with van der Waals surface area (Å²) in [6.45, 7) is 2.04. The van der Waals surface area contributed by atoms with Crippen LogP contribution in [0.25, 0.3) is 0 Å². The molecule has 82 valence electrons. The van der Waals surface area contributed by atoms with E-state index in [9.17, 15) is 0 Å². The molecule has 0 fully saturated rings. The zero-order valence-corrected chi connectivity index (χ0v) is 10.8. The number of anilines is 2. The topological polar surface area (TPSA) is 29.0 Å². The highest BCUT2D eigenvalue weighted by molar-refractivity contribution is 9.10. The van der Waals surface area contributed by atoms with Crippen LogP contribution in [0, 0.1) is 6.92 Å². The number of hydrogen-bond donors (Lipinski definition) is 0.